The third-order valence-electron chi connectivity index (χ3n) is 3.77. The van der Waals surface area contributed by atoms with Crippen LogP contribution in [-0.4, -0.2) is 41.8 Å². The van der Waals surface area contributed by atoms with Gasteiger partial charge in [-0.2, -0.15) is 0 Å². The van der Waals surface area contributed by atoms with Gasteiger partial charge in [-0.15, -0.1) is 0 Å². The highest BCUT2D eigenvalue weighted by Gasteiger charge is 2.31. The van der Waals surface area contributed by atoms with Gasteiger partial charge in [-0.1, -0.05) is 0 Å². The summed E-state index contributed by atoms with van der Waals surface area (Å²) in [6.45, 7) is 6.32. The van der Waals surface area contributed by atoms with Crippen LogP contribution in [0.1, 0.15) is 41.6 Å². The van der Waals surface area contributed by atoms with Gasteiger partial charge in [0.15, 0.2) is 0 Å². The van der Waals surface area contributed by atoms with E-state index in [4.69, 9.17) is 14.3 Å². The second kappa shape index (κ2) is 5.35. The van der Waals surface area contributed by atoms with Crippen LogP contribution in [0.2, 0.25) is 0 Å². The maximum atomic E-state index is 10.9. The number of carboxylic acids is 1. The summed E-state index contributed by atoms with van der Waals surface area (Å²) in [5.41, 5.74) is 0.559. The molecule has 0 amide bonds. The lowest BCUT2D eigenvalue weighted by molar-refractivity contribution is -0.0539. The highest BCUT2D eigenvalue weighted by Crippen LogP contribution is 2.26. The summed E-state index contributed by atoms with van der Waals surface area (Å²) in [7, 11) is 1.74. The molecule has 1 aliphatic rings. The number of aryl methyl sites for hydroxylation is 1. The van der Waals surface area contributed by atoms with E-state index in [-0.39, 0.29) is 11.4 Å². The van der Waals surface area contributed by atoms with Crippen molar-refractivity contribution in [2.75, 3.05) is 20.2 Å². The summed E-state index contributed by atoms with van der Waals surface area (Å²) in [5.74, 6) is -0.263. The second-order valence-corrected chi connectivity index (χ2v) is 5.50. The number of carboxylic acid groups (broad SMARTS) is 1. The lowest BCUT2D eigenvalue weighted by Gasteiger charge is -2.39. The van der Waals surface area contributed by atoms with E-state index in [1.54, 1.807) is 14.0 Å². The highest BCUT2D eigenvalue weighted by atomic mass is 16.5. The number of hydrogen-bond donors (Lipinski definition) is 1. The normalized spacial score (nSPS) is 24.6. The first-order valence-electron chi connectivity index (χ1n) is 6.54. The van der Waals surface area contributed by atoms with Crippen molar-refractivity contribution in [2.45, 2.75) is 38.8 Å². The maximum absolute atomic E-state index is 10.9. The minimum atomic E-state index is -1.01. The molecule has 0 aliphatic carbocycles. The van der Waals surface area contributed by atoms with Gasteiger partial charge in [-0.25, -0.2) is 4.79 Å². The van der Waals surface area contributed by atoms with Gasteiger partial charge in [0.2, 0.25) is 5.76 Å². The van der Waals surface area contributed by atoms with E-state index in [0.717, 1.165) is 25.9 Å². The number of aromatic carboxylic acids is 1. The third kappa shape index (κ3) is 3.16. The Bertz CT molecular complexity index is 468. The molecule has 2 heterocycles. The number of rotatable bonds is 4. The van der Waals surface area contributed by atoms with Crippen molar-refractivity contribution >= 4 is 5.97 Å². The van der Waals surface area contributed by atoms with Crippen molar-refractivity contribution in [1.29, 1.82) is 0 Å². The molecule has 0 spiro atoms. The zero-order valence-electron chi connectivity index (χ0n) is 11.7. The Hall–Kier alpha value is -1.33. The summed E-state index contributed by atoms with van der Waals surface area (Å²) in [4.78, 5) is 13.2. The molecule has 1 atom stereocenters. The van der Waals surface area contributed by atoms with Crippen LogP contribution in [0.15, 0.2) is 10.5 Å². The molecule has 1 aromatic rings. The number of furan rings is 1. The first-order valence-corrected chi connectivity index (χ1v) is 6.54. The molecule has 2 rings (SSSR count). The largest absolute Gasteiger partial charge is 0.475 e. The van der Waals surface area contributed by atoms with Crippen molar-refractivity contribution in [2.24, 2.45) is 0 Å². The van der Waals surface area contributed by atoms with Gasteiger partial charge in [0.05, 0.1) is 12.1 Å². The Morgan fingerprint density at radius 3 is 2.95 bits per heavy atom. The zero-order valence-corrected chi connectivity index (χ0v) is 11.7. The van der Waals surface area contributed by atoms with E-state index in [1.807, 2.05) is 6.07 Å². The predicted octanol–water partition coefficient (Wildman–Crippen LogP) is 2.29. The van der Waals surface area contributed by atoms with Gasteiger partial charge < -0.3 is 14.3 Å². The summed E-state index contributed by atoms with van der Waals surface area (Å²) in [5, 5.41) is 8.98. The highest BCUT2D eigenvalue weighted by molar-refractivity contribution is 5.86. The number of methoxy groups -OCH3 is 1. The minimum absolute atomic E-state index is 0.0431. The van der Waals surface area contributed by atoms with Crippen molar-refractivity contribution in [3.8, 4) is 0 Å². The first-order chi connectivity index (χ1) is 8.93. The molecule has 5 nitrogen and oxygen atoms in total. The summed E-state index contributed by atoms with van der Waals surface area (Å²) >= 11 is 0. The molecule has 0 bridgehead atoms. The van der Waals surface area contributed by atoms with E-state index in [0.29, 0.717) is 17.9 Å². The molecule has 1 saturated heterocycles. The average Bonchev–Trinajstić information content (AvgIpc) is 2.70. The van der Waals surface area contributed by atoms with Crippen molar-refractivity contribution in [1.82, 2.24) is 4.90 Å². The van der Waals surface area contributed by atoms with Gasteiger partial charge in [0.1, 0.15) is 5.76 Å². The fourth-order valence-electron chi connectivity index (χ4n) is 2.67. The Labute approximate surface area is 113 Å². The predicted molar refractivity (Wildman–Crippen MR) is 70.3 cm³/mol. The van der Waals surface area contributed by atoms with Crippen molar-refractivity contribution < 1.29 is 19.1 Å². The Balaban J connectivity index is 2.05. The summed E-state index contributed by atoms with van der Waals surface area (Å²) < 4.78 is 10.9. The molecule has 1 aliphatic heterocycles. The van der Waals surface area contributed by atoms with Crippen LogP contribution in [0.4, 0.5) is 0 Å². The van der Waals surface area contributed by atoms with E-state index >= 15 is 0 Å². The first kappa shape index (κ1) is 14.1. The number of nitrogens with zero attached hydrogens (tertiary/aromatic N) is 1. The molecule has 0 radical (unpaired) electrons. The van der Waals surface area contributed by atoms with Crippen LogP contribution in [0.25, 0.3) is 0 Å². The Morgan fingerprint density at radius 2 is 2.37 bits per heavy atom. The number of likely N-dealkylation sites (tertiary alicyclic amines) is 1. The van der Waals surface area contributed by atoms with E-state index < -0.39 is 5.97 Å². The van der Waals surface area contributed by atoms with Gasteiger partial charge in [-0.05, 0) is 39.3 Å². The van der Waals surface area contributed by atoms with Crippen LogP contribution in [0, 0.1) is 6.92 Å². The molecule has 19 heavy (non-hydrogen) atoms. The second-order valence-electron chi connectivity index (χ2n) is 5.50. The van der Waals surface area contributed by atoms with Gasteiger partial charge in [0, 0.05) is 19.2 Å². The molecular weight excluding hydrogens is 246 g/mol. The Kier molecular flexibility index (Phi) is 3.96. The third-order valence-corrected chi connectivity index (χ3v) is 3.77. The zero-order chi connectivity index (χ0) is 14.0. The summed E-state index contributed by atoms with van der Waals surface area (Å²) in [6, 6.07) is 1.81. The quantitative estimate of drug-likeness (QED) is 0.906. The number of piperidine rings is 1. The molecule has 0 aromatic carbocycles. The Morgan fingerprint density at radius 1 is 1.63 bits per heavy atom. The molecule has 1 fully saturated rings. The SMILES string of the molecule is COC1(C)CCCN(Cc2cc(C)c(C(=O)O)o2)C1. The van der Waals surface area contributed by atoms with Crippen LogP contribution < -0.4 is 0 Å². The molecular formula is C14H21NO4. The maximum Gasteiger partial charge on any atom is 0.372 e. The lowest BCUT2D eigenvalue weighted by Crippen LogP contribution is -2.46. The van der Waals surface area contributed by atoms with Gasteiger partial charge in [0.25, 0.3) is 0 Å². The van der Waals surface area contributed by atoms with Crippen molar-refractivity contribution in [3.05, 3.63) is 23.2 Å². The lowest BCUT2D eigenvalue weighted by atomic mass is 9.95. The fraction of sp³-hybridized carbons (Fsp3) is 0.643. The minimum Gasteiger partial charge on any atom is -0.475 e. The van der Waals surface area contributed by atoms with Crippen LogP contribution in [-0.2, 0) is 11.3 Å². The van der Waals surface area contributed by atoms with Crippen LogP contribution in [0.3, 0.4) is 0 Å². The average molecular weight is 267 g/mol. The van der Waals surface area contributed by atoms with Crippen molar-refractivity contribution in [3.63, 3.8) is 0 Å². The monoisotopic (exact) mass is 267 g/mol. The molecule has 106 valence electrons. The molecule has 1 aromatic heterocycles. The van der Waals surface area contributed by atoms with Gasteiger partial charge >= 0.3 is 5.97 Å². The topological polar surface area (TPSA) is 62.9 Å². The van der Waals surface area contributed by atoms with E-state index in [9.17, 15) is 4.79 Å². The van der Waals surface area contributed by atoms with E-state index in [1.165, 1.54) is 0 Å². The number of hydrogen-bond acceptors (Lipinski definition) is 4. The van der Waals surface area contributed by atoms with Crippen LogP contribution in [0.5, 0.6) is 0 Å². The van der Waals surface area contributed by atoms with E-state index in [2.05, 4.69) is 11.8 Å². The van der Waals surface area contributed by atoms with Gasteiger partial charge in [-0.3, -0.25) is 4.90 Å². The fourth-order valence-corrected chi connectivity index (χ4v) is 2.67. The summed E-state index contributed by atoms with van der Waals surface area (Å²) in [6.07, 6.45) is 2.13. The molecule has 5 heteroatoms. The number of carbonyl (C=O) groups is 1. The smallest absolute Gasteiger partial charge is 0.372 e. The van der Waals surface area contributed by atoms with Crippen LogP contribution >= 0.6 is 0 Å². The number of ether oxygens (including phenoxy) is 1. The molecule has 1 N–H and O–H groups in total. The molecule has 0 saturated carbocycles. The molecule has 1 unspecified atom stereocenters. The standard InChI is InChI=1S/C14H21NO4/c1-10-7-11(19-12(10)13(16)17)8-15-6-4-5-14(2,9-15)18-3/h7H,4-6,8-9H2,1-3H3,(H,16,17).